The standard InChI is InChI=1S/C15H13NO3/c1-2-17-12-3-7-14(8-4-12)19-15-9-5-13(6-10-15)18-11-16/h3-10H,2H2,1H3. The monoisotopic (exact) mass is 255 g/mol. The van der Waals surface area contributed by atoms with Crippen molar-refractivity contribution < 1.29 is 14.2 Å². The highest BCUT2D eigenvalue weighted by Gasteiger charge is 1.99. The Morgan fingerprint density at radius 3 is 1.79 bits per heavy atom. The maximum Gasteiger partial charge on any atom is 0.292 e. The van der Waals surface area contributed by atoms with Crippen LogP contribution in [0.15, 0.2) is 48.5 Å². The number of ether oxygens (including phenoxy) is 3. The number of hydrogen-bond acceptors (Lipinski definition) is 4. The van der Waals surface area contributed by atoms with Crippen LogP contribution in [0.2, 0.25) is 0 Å². The summed E-state index contributed by atoms with van der Waals surface area (Å²) < 4.78 is 15.7. The van der Waals surface area contributed by atoms with Crippen LogP contribution in [0, 0.1) is 11.5 Å². The zero-order valence-electron chi connectivity index (χ0n) is 10.5. The molecule has 0 fully saturated rings. The van der Waals surface area contributed by atoms with Crippen molar-refractivity contribution in [2.75, 3.05) is 6.61 Å². The minimum atomic E-state index is 0.488. The second-order valence-corrected chi connectivity index (χ2v) is 3.67. The van der Waals surface area contributed by atoms with E-state index < -0.39 is 0 Å². The smallest absolute Gasteiger partial charge is 0.292 e. The van der Waals surface area contributed by atoms with E-state index in [1.165, 1.54) is 0 Å². The minimum absolute atomic E-state index is 0.488. The van der Waals surface area contributed by atoms with Crippen LogP contribution >= 0.6 is 0 Å². The molecule has 0 atom stereocenters. The molecule has 0 spiro atoms. The highest BCUT2D eigenvalue weighted by atomic mass is 16.5. The van der Waals surface area contributed by atoms with Crippen molar-refractivity contribution in [3.8, 4) is 29.3 Å². The summed E-state index contributed by atoms with van der Waals surface area (Å²) in [5.74, 6) is 2.70. The summed E-state index contributed by atoms with van der Waals surface area (Å²) >= 11 is 0. The van der Waals surface area contributed by atoms with Gasteiger partial charge in [-0.1, -0.05) is 0 Å². The number of hydrogen-bond donors (Lipinski definition) is 0. The van der Waals surface area contributed by atoms with E-state index >= 15 is 0 Å². The molecule has 4 heteroatoms. The largest absolute Gasteiger partial charge is 0.494 e. The fraction of sp³-hybridized carbons (Fsp3) is 0.133. The summed E-state index contributed by atoms with van der Waals surface area (Å²) in [6.45, 7) is 2.58. The van der Waals surface area contributed by atoms with Gasteiger partial charge in [0.15, 0.2) is 0 Å². The van der Waals surface area contributed by atoms with Crippen LogP contribution in [0.5, 0.6) is 23.0 Å². The highest BCUT2D eigenvalue weighted by molar-refractivity contribution is 5.37. The van der Waals surface area contributed by atoms with Crippen LogP contribution in [-0.2, 0) is 0 Å². The van der Waals surface area contributed by atoms with Crippen molar-refractivity contribution in [2.45, 2.75) is 6.92 Å². The first-order chi connectivity index (χ1) is 9.31. The Balaban J connectivity index is 2.02. The van der Waals surface area contributed by atoms with Crippen molar-refractivity contribution in [1.82, 2.24) is 0 Å². The Hall–Kier alpha value is -2.67. The summed E-state index contributed by atoms with van der Waals surface area (Å²) in [5, 5.41) is 8.38. The number of rotatable bonds is 5. The topological polar surface area (TPSA) is 51.5 Å². The summed E-state index contributed by atoms with van der Waals surface area (Å²) in [4.78, 5) is 0. The summed E-state index contributed by atoms with van der Waals surface area (Å²) in [6.07, 6.45) is 1.62. The molecule has 0 unspecified atom stereocenters. The first kappa shape index (κ1) is 12.8. The normalized spacial score (nSPS) is 9.47. The second kappa shape index (κ2) is 6.31. The van der Waals surface area contributed by atoms with Crippen molar-refractivity contribution in [3.05, 3.63) is 48.5 Å². The van der Waals surface area contributed by atoms with Gasteiger partial charge in [-0.15, -0.1) is 5.26 Å². The lowest BCUT2D eigenvalue weighted by molar-refractivity contribution is 0.339. The maximum atomic E-state index is 8.38. The molecule has 0 radical (unpaired) electrons. The van der Waals surface area contributed by atoms with Crippen LogP contribution in [-0.4, -0.2) is 6.61 Å². The van der Waals surface area contributed by atoms with E-state index in [2.05, 4.69) is 4.74 Å². The number of benzene rings is 2. The van der Waals surface area contributed by atoms with E-state index in [1.54, 1.807) is 30.5 Å². The molecule has 0 bridgehead atoms. The molecule has 2 aromatic carbocycles. The molecule has 19 heavy (non-hydrogen) atoms. The molecule has 0 amide bonds. The van der Waals surface area contributed by atoms with Gasteiger partial charge >= 0.3 is 0 Å². The fourth-order valence-electron chi connectivity index (χ4n) is 1.54. The molecule has 2 aromatic rings. The van der Waals surface area contributed by atoms with E-state index in [0.717, 1.165) is 11.5 Å². The van der Waals surface area contributed by atoms with E-state index in [-0.39, 0.29) is 0 Å². The maximum absolute atomic E-state index is 8.38. The molecule has 96 valence electrons. The molecule has 4 nitrogen and oxygen atoms in total. The highest BCUT2D eigenvalue weighted by Crippen LogP contribution is 2.25. The molecule has 0 N–H and O–H groups in total. The molecular formula is C15H13NO3. The van der Waals surface area contributed by atoms with E-state index in [9.17, 15) is 0 Å². The van der Waals surface area contributed by atoms with Gasteiger partial charge in [0.2, 0.25) is 0 Å². The minimum Gasteiger partial charge on any atom is -0.494 e. The van der Waals surface area contributed by atoms with Crippen LogP contribution in [0.4, 0.5) is 0 Å². The molecular weight excluding hydrogens is 242 g/mol. The van der Waals surface area contributed by atoms with Crippen molar-refractivity contribution in [1.29, 1.82) is 5.26 Å². The van der Waals surface area contributed by atoms with Gasteiger partial charge in [0.1, 0.15) is 23.0 Å². The molecule has 0 aliphatic heterocycles. The van der Waals surface area contributed by atoms with Crippen molar-refractivity contribution >= 4 is 0 Å². The van der Waals surface area contributed by atoms with Crippen LogP contribution in [0.1, 0.15) is 6.92 Å². The average molecular weight is 255 g/mol. The van der Waals surface area contributed by atoms with Crippen molar-refractivity contribution in [2.24, 2.45) is 0 Å². The third kappa shape index (κ3) is 3.65. The lowest BCUT2D eigenvalue weighted by Gasteiger charge is -2.07. The van der Waals surface area contributed by atoms with E-state index in [4.69, 9.17) is 14.7 Å². The van der Waals surface area contributed by atoms with Crippen molar-refractivity contribution in [3.63, 3.8) is 0 Å². The average Bonchev–Trinajstić information content (AvgIpc) is 2.44. The van der Waals surface area contributed by atoms with Crippen LogP contribution < -0.4 is 14.2 Å². The SMILES string of the molecule is CCOc1ccc(Oc2ccc(OC#N)cc2)cc1. The fourth-order valence-corrected chi connectivity index (χ4v) is 1.54. The molecule has 2 rings (SSSR count). The Labute approximate surface area is 111 Å². The number of nitrogens with zero attached hydrogens (tertiary/aromatic N) is 1. The zero-order valence-corrected chi connectivity index (χ0v) is 10.5. The van der Waals surface area contributed by atoms with Gasteiger partial charge in [-0.25, -0.2) is 0 Å². The lowest BCUT2D eigenvalue weighted by atomic mass is 10.3. The Bertz CT molecular complexity index is 555. The van der Waals surface area contributed by atoms with Gasteiger partial charge in [-0.05, 0) is 55.5 Å². The van der Waals surface area contributed by atoms with E-state index in [1.807, 2.05) is 31.2 Å². The predicted molar refractivity (Wildman–Crippen MR) is 70.4 cm³/mol. The van der Waals surface area contributed by atoms with Gasteiger partial charge in [-0.2, -0.15) is 0 Å². The third-order valence-electron chi connectivity index (χ3n) is 2.36. The van der Waals surface area contributed by atoms with E-state index in [0.29, 0.717) is 18.1 Å². The molecule has 0 heterocycles. The summed E-state index contributed by atoms with van der Waals surface area (Å²) in [6, 6.07) is 14.2. The Kier molecular flexibility index (Phi) is 4.25. The lowest BCUT2D eigenvalue weighted by Crippen LogP contribution is -1.91. The first-order valence-corrected chi connectivity index (χ1v) is 5.88. The van der Waals surface area contributed by atoms with Crippen LogP contribution in [0.3, 0.4) is 0 Å². The predicted octanol–water partition coefficient (Wildman–Crippen LogP) is 3.74. The summed E-state index contributed by atoms with van der Waals surface area (Å²) in [5.41, 5.74) is 0. The van der Waals surface area contributed by atoms with Gasteiger partial charge in [0.25, 0.3) is 6.26 Å². The molecule has 0 aliphatic rings. The quantitative estimate of drug-likeness (QED) is 0.764. The Morgan fingerprint density at radius 1 is 0.842 bits per heavy atom. The van der Waals surface area contributed by atoms with Gasteiger partial charge in [0, 0.05) is 0 Å². The van der Waals surface area contributed by atoms with Gasteiger partial charge in [-0.3, -0.25) is 0 Å². The molecule has 0 saturated carbocycles. The second-order valence-electron chi connectivity index (χ2n) is 3.67. The number of nitriles is 1. The van der Waals surface area contributed by atoms with Crippen LogP contribution in [0.25, 0.3) is 0 Å². The molecule has 0 saturated heterocycles. The first-order valence-electron chi connectivity index (χ1n) is 5.88. The third-order valence-corrected chi connectivity index (χ3v) is 2.36. The Morgan fingerprint density at radius 2 is 1.32 bits per heavy atom. The zero-order chi connectivity index (χ0) is 13.5. The van der Waals surface area contributed by atoms with Gasteiger partial charge in [0.05, 0.1) is 6.61 Å². The molecule has 0 aliphatic carbocycles. The summed E-state index contributed by atoms with van der Waals surface area (Å²) in [7, 11) is 0. The molecule has 0 aromatic heterocycles. The van der Waals surface area contributed by atoms with Gasteiger partial charge < -0.3 is 14.2 Å².